The molecule has 0 fully saturated rings. The number of rotatable bonds is 5. The number of halogens is 1. The van der Waals surface area contributed by atoms with Crippen LogP contribution in [0.1, 0.15) is 22.2 Å². The Kier molecular flexibility index (Phi) is 4.13. The molecule has 0 aliphatic heterocycles. The summed E-state index contributed by atoms with van der Waals surface area (Å²) in [6.45, 7) is 1.46. The number of benzene rings is 1. The van der Waals surface area contributed by atoms with Crippen LogP contribution in [0.4, 0.5) is 0 Å². The molecule has 3 rings (SSSR count). The number of furan rings is 1. The Balaban J connectivity index is 1.97. The molecule has 0 N–H and O–H groups in total. The van der Waals surface area contributed by atoms with Crippen molar-refractivity contribution in [3.05, 3.63) is 50.8 Å². The molecule has 0 amide bonds. The van der Waals surface area contributed by atoms with Crippen molar-refractivity contribution in [2.45, 2.75) is 6.92 Å². The second kappa shape index (κ2) is 6.06. The zero-order valence-electron chi connectivity index (χ0n) is 11.6. The molecule has 0 saturated heterocycles. The highest BCUT2D eigenvalue weighted by Gasteiger charge is 2.18. The number of carbonyl (C=O) groups excluding carboxylic acids is 2. The molecule has 6 heteroatoms. The van der Waals surface area contributed by atoms with Crippen LogP contribution in [0.15, 0.2) is 44.8 Å². The van der Waals surface area contributed by atoms with Gasteiger partial charge in [-0.05, 0) is 53.2 Å². The van der Waals surface area contributed by atoms with Gasteiger partial charge in [0.25, 0.3) is 0 Å². The van der Waals surface area contributed by atoms with Crippen molar-refractivity contribution >= 4 is 49.8 Å². The molecule has 112 valence electrons. The smallest absolute Gasteiger partial charge is 0.206 e. The van der Waals surface area contributed by atoms with E-state index in [4.69, 9.17) is 9.15 Å². The third kappa shape index (κ3) is 2.98. The van der Waals surface area contributed by atoms with E-state index in [0.29, 0.717) is 27.2 Å². The first-order valence-electron chi connectivity index (χ1n) is 6.48. The fourth-order valence-electron chi connectivity index (χ4n) is 2.03. The minimum atomic E-state index is -0.0989. The highest BCUT2D eigenvalue weighted by molar-refractivity contribution is 9.11. The molecular weight excluding hydrogens is 368 g/mol. The van der Waals surface area contributed by atoms with Gasteiger partial charge in [0.05, 0.1) is 14.2 Å². The molecule has 0 atom stereocenters. The standard InChI is InChI=1S/C16H11BrO4S/c1-9(18)7-20-10-2-3-13-11(6-10)12(8-21-13)16(19)14-4-5-15(17)22-14/h2-6,8H,7H2,1H3. The topological polar surface area (TPSA) is 56.5 Å². The molecular formula is C16H11BrO4S. The maximum atomic E-state index is 12.5. The van der Waals surface area contributed by atoms with Gasteiger partial charge >= 0.3 is 0 Å². The molecule has 0 radical (unpaired) electrons. The Morgan fingerprint density at radius 3 is 2.77 bits per heavy atom. The molecule has 1 aromatic carbocycles. The summed E-state index contributed by atoms with van der Waals surface area (Å²) in [5.41, 5.74) is 1.09. The van der Waals surface area contributed by atoms with Crippen LogP contribution >= 0.6 is 27.3 Å². The van der Waals surface area contributed by atoms with Gasteiger partial charge in [0.1, 0.15) is 24.2 Å². The van der Waals surface area contributed by atoms with Gasteiger partial charge in [-0.3, -0.25) is 9.59 Å². The van der Waals surface area contributed by atoms with Gasteiger partial charge in [0.2, 0.25) is 5.78 Å². The zero-order chi connectivity index (χ0) is 15.7. The van der Waals surface area contributed by atoms with Crippen LogP contribution in [-0.4, -0.2) is 18.2 Å². The van der Waals surface area contributed by atoms with Crippen molar-refractivity contribution in [1.82, 2.24) is 0 Å². The third-order valence-corrected chi connectivity index (χ3v) is 4.65. The van der Waals surface area contributed by atoms with Crippen molar-refractivity contribution < 1.29 is 18.7 Å². The van der Waals surface area contributed by atoms with Crippen molar-refractivity contribution in [1.29, 1.82) is 0 Å². The van der Waals surface area contributed by atoms with E-state index >= 15 is 0 Å². The van der Waals surface area contributed by atoms with Crippen LogP contribution in [0, 0.1) is 0 Å². The summed E-state index contributed by atoms with van der Waals surface area (Å²) >= 11 is 4.72. The van der Waals surface area contributed by atoms with Gasteiger partial charge in [-0.2, -0.15) is 0 Å². The number of hydrogen-bond donors (Lipinski definition) is 0. The van der Waals surface area contributed by atoms with Crippen LogP contribution in [0.5, 0.6) is 5.75 Å². The summed E-state index contributed by atoms with van der Waals surface area (Å²) in [5, 5.41) is 0.676. The first-order valence-corrected chi connectivity index (χ1v) is 8.09. The van der Waals surface area contributed by atoms with E-state index in [2.05, 4.69) is 15.9 Å². The summed E-state index contributed by atoms with van der Waals surface area (Å²) in [6.07, 6.45) is 1.45. The summed E-state index contributed by atoms with van der Waals surface area (Å²) in [4.78, 5) is 24.2. The molecule has 3 aromatic rings. The Morgan fingerprint density at radius 2 is 2.09 bits per heavy atom. The predicted molar refractivity (Wildman–Crippen MR) is 87.8 cm³/mol. The van der Waals surface area contributed by atoms with Crippen LogP contribution in [0.3, 0.4) is 0 Å². The molecule has 4 nitrogen and oxygen atoms in total. The summed E-state index contributed by atoms with van der Waals surface area (Å²) < 4.78 is 11.7. The van der Waals surface area contributed by atoms with Gasteiger partial charge < -0.3 is 9.15 Å². The van der Waals surface area contributed by atoms with E-state index < -0.39 is 0 Å². The van der Waals surface area contributed by atoms with Crippen molar-refractivity contribution in [2.75, 3.05) is 6.61 Å². The molecule has 0 unspecified atom stereocenters. The Morgan fingerprint density at radius 1 is 1.27 bits per heavy atom. The lowest BCUT2D eigenvalue weighted by Crippen LogP contribution is -2.06. The Bertz CT molecular complexity index is 862. The minimum Gasteiger partial charge on any atom is -0.486 e. The number of ketones is 2. The number of thiophene rings is 1. The Labute approximate surface area is 138 Å². The van der Waals surface area contributed by atoms with Gasteiger partial charge in [-0.25, -0.2) is 0 Å². The van der Waals surface area contributed by atoms with Gasteiger partial charge in [0.15, 0.2) is 5.78 Å². The minimum absolute atomic E-state index is 0.00447. The normalized spacial score (nSPS) is 10.8. The van der Waals surface area contributed by atoms with Crippen LogP contribution < -0.4 is 4.74 Å². The van der Waals surface area contributed by atoms with E-state index in [1.54, 1.807) is 24.3 Å². The Hall–Kier alpha value is -1.92. The molecule has 22 heavy (non-hydrogen) atoms. The zero-order valence-corrected chi connectivity index (χ0v) is 14.0. The molecule has 0 aliphatic rings. The molecule has 0 spiro atoms. The largest absolute Gasteiger partial charge is 0.486 e. The first-order chi connectivity index (χ1) is 10.5. The number of fused-ring (bicyclic) bond motifs is 1. The molecule has 2 aromatic heterocycles. The fraction of sp³-hybridized carbons (Fsp3) is 0.125. The van der Waals surface area contributed by atoms with Crippen LogP contribution in [0.2, 0.25) is 0 Å². The number of hydrogen-bond acceptors (Lipinski definition) is 5. The summed E-state index contributed by atoms with van der Waals surface area (Å²) in [5.74, 6) is 0.371. The van der Waals surface area contributed by atoms with Gasteiger partial charge in [0, 0.05) is 5.39 Å². The lowest BCUT2D eigenvalue weighted by atomic mass is 10.1. The van der Waals surface area contributed by atoms with Gasteiger partial charge in [-0.15, -0.1) is 11.3 Å². The monoisotopic (exact) mass is 378 g/mol. The number of carbonyl (C=O) groups is 2. The second-order valence-electron chi connectivity index (χ2n) is 4.73. The third-order valence-electron chi connectivity index (χ3n) is 3.03. The van der Waals surface area contributed by atoms with E-state index in [9.17, 15) is 9.59 Å². The molecule has 2 heterocycles. The average molecular weight is 379 g/mol. The number of ether oxygens (including phenoxy) is 1. The molecule has 0 bridgehead atoms. The summed E-state index contributed by atoms with van der Waals surface area (Å²) in [7, 11) is 0. The number of Topliss-reactive ketones (excluding diaryl/α,β-unsaturated/α-hetero) is 1. The maximum Gasteiger partial charge on any atom is 0.206 e. The van der Waals surface area contributed by atoms with Gasteiger partial charge in [-0.1, -0.05) is 0 Å². The first kappa shape index (κ1) is 15.0. The quantitative estimate of drug-likeness (QED) is 0.615. The van der Waals surface area contributed by atoms with Crippen molar-refractivity contribution in [3.8, 4) is 5.75 Å². The molecule has 0 saturated carbocycles. The van der Waals surface area contributed by atoms with E-state index in [1.165, 1.54) is 24.5 Å². The fourth-order valence-corrected chi connectivity index (χ4v) is 3.37. The lowest BCUT2D eigenvalue weighted by Gasteiger charge is -2.03. The predicted octanol–water partition coefficient (Wildman–Crippen LogP) is 4.46. The highest BCUT2D eigenvalue weighted by Crippen LogP contribution is 2.30. The van der Waals surface area contributed by atoms with Crippen LogP contribution in [-0.2, 0) is 4.79 Å². The molecule has 0 aliphatic carbocycles. The van der Waals surface area contributed by atoms with E-state index in [0.717, 1.165) is 3.79 Å². The maximum absolute atomic E-state index is 12.5. The van der Waals surface area contributed by atoms with E-state index in [-0.39, 0.29) is 18.2 Å². The van der Waals surface area contributed by atoms with Crippen LogP contribution in [0.25, 0.3) is 11.0 Å². The lowest BCUT2D eigenvalue weighted by molar-refractivity contribution is -0.118. The highest BCUT2D eigenvalue weighted by atomic mass is 79.9. The van der Waals surface area contributed by atoms with Crippen molar-refractivity contribution in [2.24, 2.45) is 0 Å². The van der Waals surface area contributed by atoms with E-state index in [1.807, 2.05) is 6.07 Å². The second-order valence-corrected chi connectivity index (χ2v) is 7.19. The average Bonchev–Trinajstić information content (AvgIpc) is 3.10. The summed E-state index contributed by atoms with van der Waals surface area (Å²) in [6, 6.07) is 8.77. The van der Waals surface area contributed by atoms with Crippen molar-refractivity contribution in [3.63, 3.8) is 0 Å². The SMILES string of the molecule is CC(=O)COc1ccc2occ(C(=O)c3ccc(Br)s3)c2c1.